The van der Waals surface area contributed by atoms with Crippen molar-refractivity contribution in [2.75, 3.05) is 0 Å². The van der Waals surface area contributed by atoms with Gasteiger partial charge in [-0.2, -0.15) is 15.0 Å². The number of hydrogen-bond donors (Lipinski definition) is 1. The van der Waals surface area contributed by atoms with Crippen LogP contribution in [0.15, 0.2) is 55.0 Å². The molecule has 0 unspecified atom stereocenters. The van der Waals surface area contributed by atoms with E-state index in [1.54, 1.807) is 23.0 Å². The molecule has 0 aliphatic carbocycles. The molecule has 169 valence electrons. The van der Waals surface area contributed by atoms with E-state index in [0.717, 1.165) is 0 Å². The molecular weight excluding hydrogens is 563 g/mol. The Hall–Kier alpha value is -2.82. The third-order valence-electron chi connectivity index (χ3n) is 3.24. The molecule has 8 heteroatoms. The zero-order chi connectivity index (χ0) is 22.9. The summed E-state index contributed by atoms with van der Waals surface area (Å²) in [5.41, 5.74) is 2.20. The van der Waals surface area contributed by atoms with E-state index in [2.05, 4.69) is 33.4 Å². The predicted octanol–water partition coefficient (Wildman–Crippen LogP) is 5.21. The van der Waals surface area contributed by atoms with Gasteiger partial charge in [0.05, 0.1) is 23.2 Å². The second-order valence-electron chi connectivity index (χ2n) is 5.18. The van der Waals surface area contributed by atoms with Crippen LogP contribution in [0.5, 0.6) is 0 Å². The van der Waals surface area contributed by atoms with E-state index >= 15 is 0 Å². The molecule has 0 aromatic carbocycles. The Labute approximate surface area is 200 Å². The molecule has 2 aromatic heterocycles. The normalized spacial score (nSPS) is 10.9. The number of aromatic nitrogens is 5. The van der Waals surface area contributed by atoms with Crippen LogP contribution >= 0.6 is 0 Å². The van der Waals surface area contributed by atoms with Gasteiger partial charge in [0.2, 0.25) is 0 Å². The number of nitrogens with one attached hydrogen (secondary N) is 1. The van der Waals surface area contributed by atoms with E-state index in [4.69, 9.17) is 0 Å². The molecule has 1 radical (unpaired) electrons. The minimum Gasteiger partial charge on any atom is -0.369 e. The number of carbonyl (C=O) groups excluding carboxylic acids is 1. The molecule has 0 fully saturated rings. The van der Waals surface area contributed by atoms with E-state index in [1.807, 2.05) is 72.8 Å². The van der Waals surface area contributed by atoms with Crippen LogP contribution in [0, 0.1) is 6.20 Å². The Morgan fingerprint density at radius 1 is 1.10 bits per heavy atom. The summed E-state index contributed by atoms with van der Waals surface area (Å²) < 4.78 is 1.64. The Morgan fingerprint density at radius 2 is 1.77 bits per heavy atom. The van der Waals surface area contributed by atoms with Gasteiger partial charge in [0.1, 0.15) is 0 Å². The van der Waals surface area contributed by atoms with Gasteiger partial charge in [0, 0.05) is 32.3 Å². The second kappa shape index (κ2) is 18.0. The van der Waals surface area contributed by atoms with Crippen molar-refractivity contribution in [2.24, 2.45) is 0 Å². The van der Waals surface area contributed by atoms with Gasteiger partial charge in [0.25, 0.3) is 5.91 Å². The molecule has 2 aromatic rings. The summed E-state index contributed by atoms with van der Waals surface area (Å²) in [6.07, 6.45) is 18.3. The van der Waals surface area contributed by atoms with Crippen LogP contribution < -0.4 is 5.32 Å². The topological polar surface area (TPSA) is 77.6 Å². The van der Waals surface area contributed by atoms with Crippen LogP contribution in [0.2, 0.25) is 0 Å². The van der Waals surface area contributed by atoms with E-state index in [9.17, 15) is 4.79 Å². The van der Waals surface area contributed by atoms with Gasteiger partial charge in [-0.25, -0.2) is 4.68 Å². The molecule has 0 atom stereocenters. The zero-order valence-corrected chi connectivity index (χ0v) is 22.1. The average Bonchev–Trinajstić information content (AvgIpc) is 3.42. The minimum absolute atomic E-state index is 0. The van der Waals surface area contributed by atoms with Crippen molar-refractivity contribution < 1.29 is 25.2 Å². The number of hydrogen-bond acceptors (Lipinski definition) is 4. The van der Waals surface area contributed by atoms with Gasteiger partial charge in [-0.15, -0.1) is 6.20 Å². The third kappa shape index (κ3) is 9.69. The first-order valence-corrected chi connectivity index (χ1v) is 10.1. The first-order chi connectivity index (χ1) is 14.6. The molecule has 7 nitrogen and oxygen atoms in total. The molecule has 0 aliphatic heterocycles. The van der Waals surface area contributed by atoms with E-state index in [1.165, 1.54) is 17.2 Å². The summed E-state index contributed by atoms with van der Waals surface area (Å²) in [5.74, 6) is -0.296. The SMILES string of the molecule is C=C(/C=C(\C=C/C)n1n[c-]cn1)NC(=O)c1cnn(/C=C\C)c1/C=C\C.CC.CC.[Re]. The molecule has 31 heavy (non-hydrogen) atoms. The van der Waals surface area contributed by atoms with Gasteiger partial charge in [-0.3, -0.25) is 4.79 Å². The molecule has 0 bridgehead atoms. The number of carbonyl (C=O) groups is 1. The molecule has 0 saturated carbocycles. The summed E-state index contributed by atoms with van der Waals surface area (Å²) in [4.78, 5) is 14.0. The fourth-order valence-electron chi connectivity index (χ4n) is 2.21. The summed E-state index contributed by atoms with van der Waals surface area (Å²) in [5, 5.41) is 15.0. The van der Waals surface area contributed by atoms with E-state index in [-0.39, 0.29) is 26.3 Å². The van der Waals surface area contributed by atoms with Crippen molar-refractivity contribution in [2.45, 2.75) is 48.5 Å². The first kappa shape index (κ1) is 30.4. The smallest absolute Gasteiger partial charge is 0.259 e. The first-order valence-electron chi connectivity index (χ1n) is 10.1. The van der Waals surface area contributed by atoms with Gasteiger partial charge in [-0.05, 0) is 39.0 Å². The summed E-state index contributed by atoms with van der Waals surface area (Å²) in [7, 11) is 0. The Balaban J connectivity index is 0. The molecule has 0 spiro atoms. The van der Waals surface area contributed by atoms with E-state index in [0.29, 0.717) is 22.7 Å². The van der Waals surface area contributed by atoms with Gasteiger partial charge < -0.3 is 16.6 Å². The van der Waals surface area contributed by atoms with Crippen LogP contribution in [0.3, 0.4) is 0 Å². The second-order valence-corrected chi connectivity index (χ2v) is 5.18. The number of allylic oxidation sites excluding steroid dienone is 6. The fraction of sp³-hybridized carbons (Fsp3) is 0.304. The maximum atomic E-state index is 12.6. The Bertz CT molecular complexity index is 889. The van der Waals surface area contributed by atoms with Crippen molar-refractivity contribution in [1.29, 1.82) is 0 Å². The maximum absolute atomic E-state index is 12.6. The minimum atomic E-state index is -0.296. The Kier molecular flexibility index (Phi) is 17.6. The monoisotopic (exact) mass is 596 g/mol. The number of amides is 1. The van der Waals surface area contributed by atoms with Gasteiger partial charge in [0.15, 0.2) is 0 Å². The van der Waals surface area contributed by atoms with Crippen molar-refractivity contribution in [1.82, 2.24) is 30.1 Å². The van der Waals surface area contributed by atoms with Crippen molar-refractivity contribution in [3.05, 3.63) is 72.5 Å². The van der Waals surface area contributed by atoms with Crippen LogP contribution in [-0.2, 0) is 20.4 Å². The zero-order valence-electron chi connectivity index (χ0n) is 19.4. The van der Waals surface area contributed by atoms with Gasteiger partial charge >= 0.3 is 0 Å². The standard InChI is InChI=1S/C19H21N6O.2C2H6.Re/c1-5-8-16(25-20-10-11-21-25)13-15(4)23-19(26)17-14-22-24(12-7-3)18(17)9-6-2;2*1-2;/h5-10,12-14H,4H2,1-3H3,(H,23,26);2*1-2H3;/q-1;;;/b8-5-,9-6-,12-7-,16-13+;;;. The summed E-state index contributed by atoms with van der Waals surface area (Å²) in [6.45, 7) is 17.5. The van der Waals surface area contributed by atoms with Crippen molar-refractivity contribution in [3.63, 3.8) is 0 Å². The van der Waals surface area contributed by atoms with Crippen LogP contribution in [0.25, 0.3) is 18.0 Å². The van der Waals surface area contributed by atoms with Crippen LogP contribution in [0.4, 0.5) is 0 Å². The fourth-order valence-corrected chi connectivity index (χ4v) is 2.21. The third-order valence-corrected chi connectivity index (χ3v) is 3.24. The summed E-state index contributed by atoms with van der Waals surface area (Å²) in [6, 6.07) is 0. The number of rotatable bonds is 7. The summed E-state index contributed by atoms with van der Waals surface area (Å²) >= 11 is 0. The number of nitrogens with zero attached hydrogens (tertiary/aromatic N) is 5. The Morgan fingerprint density at radius 3 is 2.29 bits per heavy atom. The van der Waals surface area contributed by atoms with Crippen molar-refractivity contribution >= 4 is 23.9 Å². The molecule has 2 rings (SSSR count). The van der Waals surface area contributed by atoms with Crippen molar-refractivity contribution in [3.8, 4) is 0 Å². The van der Waals surface area contributed by atoms with Crippen LogP contribution in [0.1, 0.15) is 64.5 Å². The molecule has 1 N–H and O–H groups in total. The maximum Gasteiger partial charge on any atom is 0.259 e. The average molecular weight is 596 g/mol. The van der Waals surface area contributed by atoms with Gasteiger partial charge in [-0.1, -0.05) is 52.5 Å². The molecule has 1 amide bonds. The molecule has 0 saturated heterocycles. The largest absolute Gasteiger partial charge is 0.369 e. The predicted molar refractivity (Wildman–Crippen MR) is 125 cm³/mol. The molecule has 2 heterocycles. The molecule has 0 aliphatic rings. The van der Waals surface area contributed by atoms with Crippen LogP contribution in [-0.4, -0.2) is 30.7 Å². The molecular formula is C23H33N6ORe-. The quantitative estimate of drug-likeness (QED) is 0.352. The van der Waals surface area contributed by atoms with E-state index < -0.39 is 0 Å².